The van der Waals surface area contributed by atoms with Gasteiger partial charge in [0.25, 0.3) is 0 Å². The minimum absolute atomic E-state index is 0.955. The van der Waals surface area contributed by atoms with Gasteiger partial charge in [-0.15, -0.1) is 0 Å². The van der Waals surface area contributed by atoms with E-state index in [1.807, 2.05) is 0 Å². The second-order valence-electron chi connectivity index (χ2n) is 4.47. The zero-order chi connectivity index (χ0) is 12.8. The van der Waals surface area contributed by atoms with E-state index < -0.39 is 0 Å². The van der Waals surface area contributed by atoms with Crippen LogP contribution in [-0.4, -0.2) is 20.2 Å². The molecule has 0 atom stereocenters. The fraction of sp³-hybridized carbons (Fsp3) is 0.375. The Morgan fingerprint density at radius 1 is 1.00 bits per heavy atom. The molecule has 2 aromatic rings. The molecular formula is C16H21NO. The van der Waals surface area contributed by atoms with Crippen LogP contribution in [0.4, 0.5) is 0 Å². The molecule has 0 radical (unpaired) electrons. The summed E-state index contributed by atoms with van der Waals surface area (Å²) in [6.45, 7) is 4.31. The van der Waals surface area contributed by atoms with E-state index in [-0.39, 0.29) is 0 Å². The lowest BCUT2D eigenvalue weighted by molar-refractivity contribution is 0.419. The summed E-state index contributed by atoms with van der Waals surface area (Å²) < 4.78 is 5.41. The van der Waals surface area contributed by atoms with Crippen molar-refractivity contribution in [3.8, 4) is 5.75 Å². The Hall–Kier alpha value is -1.54. The third kappa shape index (κ3) is 2.82. The summed E-state index contributed by atoms with van der Waals surface area (Å²) in [6, 6.07) is 12.7. The molecule has 0 spiro atoms. The van der Waals surface area contributed by atoms with E-state index in [4.69, 9.17) is 4.74 Å². The van der Waals surface area contributed by atoms with Crippen LogP contribution in [0.25, 0.3) is 10.8 Å². The normalized spacial score (nSPS) is 10.8. The molecule has 2 nitrogen and oxygen atoms in total. The highest BCUT2D eigenvalue weighted by atomic mass is 16.5. The predicted octanol–water partition coefficient (Wildman–Crippen LogP) is 3.39. The maximum absolute atomic E-state index is 5.41. The zero-order valence-corrected chi connectivity index (χ0v) is 11.2. The monoisotopic (exact) mass is 243 g/mol. The second-order valence-corrected chi connectivity index (χ2v) is 4.47. The van der Waals surface area contributed by atoms with Crippen LogP contribution in [0.3, 0.4) is 0 Å². The van der Waals surface area contributed by atoms with E-state index in [0.29, 0.717) is 0 Å². The molecule has 0 aromatic heterocycles. The molecule has 2 aromatic carbocycles. The van der Waals surface area contributed by atoms with Crippen LogP contribution in [0.1, 0.15) is 18.9 Å². The van der Waals surface area contributed by atoms with Crippen molar-refractivity contribution in [1.29, 1.82) is 0 Å². The van der Waals surface area contributed by atoms with E-state index in [9.17, 15) is 0 Å². The quantitative estimate of drug-likeness (QED) is 0.785. The van der Waals surface area contributed by atoms with E-state index in [1.54, 1.807) is 7.11 Å². The standard InChI is InChI=1S/C16H21NO/c1-3-11-17-12-10-13-8-9-16(18-2)15-7-5-4-6-14(13)15/h4-9,17H,3,10-12H2,1-2H3. The minimum Gasteiger partial charge on any atom is -0.496 e. The third-order valence-electron chi connectivity index (χ3n) is 3.19. The lowest BCUT2D eigenvalue weighted by atomic mass is 10.0. The van der Waals surface area contributed by atoms with E-state index >= 15 is 0 Å². The van der Waals surface area contributed by atoms with Crippen molar-refractivity contribution in [2.75, 3.05) is 20.2 Å². The Kier molecular flexibility index (Phi) is 4.59. The van der Waals surface area contributed by atoms with E-state index in [0.717, 1.165) is 25.3 Å². The SMILES string of the molecule is CCCNCCc1ccc(OC)c2ccccc12. The van der Waals surface area contributed by atoms with Gasteiger partial charge in [-0.3, -0.25) is 0 Å². The summed E-state index contributed by atoms with van der Waals surface area (Å²) in [7, 11) is 1.73. The van der Waals surface area contributed by atoms with E-state index in [2.05, 4.69) is 48.6 Å². The molecule has 18 heavy (non-hydrogen) atoms. The molecule has 0 heterocycles. The average molecular weight is 243 g/mol. The fourth-order valence-corrected chi connectivity index (χ4v) is 2.25. The number of ether oxygens (including phenoxy) is 1. The van der Waals surface area contributed by atoms with Crippen molar-refractivity contribution < 1.29 is 4.74 Å². The van der Waals surface area contributed by atoms with Crippen molar-refractivity contribution in [1.82, 2.24) is 5.32 Å². The first-order valence-electron chi connectivity index (χ1n) is 6.62. The fourth-order valence-electron chi connectivity index (χ4n) is 2.25. The van der Waals surface area contributed by atoms with E-state index in [1.165, 1.54) is 22.8 Å². The summed E-state index contributed by atoms with van der Waals surface area (Å²) in [6.07, 6.45) is 2.24. The molecule has 96 valence electrons. The molecule has 0 unspecified atom stereocenters. The van der Waals surface area contributed by atoms with Gasteiger partial charge in [-0.05, 0) is 42.9 Å². The number of benzene rings is 2. The highest BCUT2D eigenvalue weighted by molar-refractivity contribution is 5.91. The van der Waals surface area contributed by atoms with Gasteiger partial charge in [-0.2, -0.15) is 0 Å². The van der Waals surface area contributed by atoms with Crippen LogP contribution < -0.4 is 10.1 Å². The van der Waals surface area contributed by atoms with Crippen molar-refractivity contribution in [2.24, 2.45) is 0 Å². The summed E-state index contributed by atoms with van der Waals surface area (Å²) in [5, 5.41) is 5.95. The molecule has 0 saturated heterocycles. The summed E-state index contributed by atoms with van der Waals surface area (Å²) in [4.78, 5) is 0. The molecule has 0 aliphatic rings. The molecular weight excluding hydrogens is 222 g/mol. The largest absolute Gasteiger partial charge is 0.496 e. The van der Waals surface area contributed by atoms with Crippen LogP contribution in [0.2, 0.25) is 0 Å². The molecule has 0 aliphatic carbocycles. The predicted molar refractivity (Wildman–Crippen MR) is 77.4 cm³/mol. The zero-order valence-electron chi connectivity index (χ0n) is 11.2. The van der Waals surface area contributed by atoms with Gasteiger partial charge in [0.1, 0.15) is 5.75 Å². The molecule has 2 heteroatoms. The molecule has 0 fully saturated rings. The van der Waals surface area contributed by atoms with Gasteiger partial charge in [0.2, 0.25) is 0 Å². The smallest absolute Gasteiger partial charge is 0.126 e. The molecule has 0 saturated carbocycles. The Morgan fingerprint density at radius 3 is 2.50 bits per heavy atom. The molecule has 0 aliphatic heterocycles. The molecule has 0 bridgehead atoms. The molecule has 0 amide bonds. The maximum Gasteiger partial charge on any atom is 0.126 e. The van der Waals surface area contributed by atoms with Crippen LogP contribution in [0.15, 0.2) is 36.4 Å². The van der Waals surface area contributed by atoms with Gasteiger partial charge in [0.15, 0.2) is 0 Å². The van der Waals surface area contributed by atoms with Gasteiger partial charge in [-0.1, -0.05) is 37.3 Å². The lowest BCUT2D eigenvalue weighted by Crippen LogP contribution is -2.17. The number of nitrogens with one attached hydrogen (secondary N) is 1. The van der Waals surface area contributed by atoms with Crippen LogP contribution in [0.5, 0.6) is 5.75 Å². The number of rotatable bonds is 6. The summed E-state index contributed by atoms with van der Waals surface area (Å²) in [5.41, 5.74) is 1.38. The van der Waals surface area contributed by atoms with Crippen molar-refractivity contribution in [3.63, 3.8) is 0 Å². The number of fused-ring (bicyclic) bond motifs is 1. The first kappa shape index (κ1) is 12.9. The van der Waals surface area contributed by atoms with Gasteiger partial charge in [0.05, 0.1) is 7.11 Å². The Bertz CT molecular complexity index is 507. The topological polar surface area (TPSA) is 21.3 Å². The van der Waals surface area contributed by atoms with Gasteiger partial charge in [-0.25, -0.2) is 0 Å². The second kappa shape index (κ2) is 6.41. The molecule has 2 rings (SSSR count). The number of methoxy groups -OCH3 is 1. The van der Waals surface area contributed by atoms with Gasteiger partial charge < -0.3 is 10.1 Å². The highest BCUT2D eigenvalue weighted by Gasteiger charge is 2.05. The summed E-state index contributed by atoms with van der Waals surface area (Å²) in [5.74, 6) is 0.955. The third-order valence-corrected chi connectivity index (χ3v) is 3.19. The van der Waals surface area contributed by atoms with Gasteiger partial charge >= 0.3 is 0 Å². The number of hydrogen-bond acceptors (Lipinski definition) is 2. The first-order chi connectivity index (χ1) is 8.86. The van der Waals surface area contributed by atoms with Crippen LogP contribution in [-0.2, 0) is 6.42 Å². The lowest BCUT2D eigenvalue weighted by Gasteiger charge is -2.10. The Morgan fingerprint density at radius 2 is 1.78 bits per heavy atom. The Balaban J connectivity index is 2.23. The first-order valence-corrected chi connectivity index (χ1v) is 6.62. The highest BCUT2D eigenvalue weighted by Crippen LogP contribution is 2.28. The maximum atomic E-state index is 5.41. The number of hydrogen-bond donors (Lipinski definition) is 1. The van der Waals surface area contributed by atoms with Crippen LogP contribution >= 0.6 is 0 Å². The summed E-state index contributed by atoms with van der Waals surface area (Å²) >= 11 is 0. The Labute approximate surface area is 109 Å². The van der Waals surface area contributed by atoms with Crippen molar-refractivity contribution in [3.05, 3.63) is 42.0 Å². The van der Waals surface area contributed by atoms with Crippen molar-refractivity contribution >= 4 is 10.8 Å². The average Bonchev–Trinajstić information content (AvgIpc) is 2.43. The minimum atomic E-state index is 0.955. The molecule has 1 N–H and O–H groups in total. The van der Waals surface area contributed by atoms with Gasteiger partial charge in [0, 0.05) is 5.39 Å². The van der Waals surface area contributed by atoms with Crippen LogP contribution in [0, 0.1) is 0 Å². The van der Waals surface area contributed by atoms with Crippen molar-refractivity contribution in [2.45, 2.75) is 19.8 Å².